The second-order valence-electron chi connectivity index (χ2n) is 6.66. The number of nitrogens with zero attached hydrogens (tertiary/aromatic N) is 2. The highest BCUT2D eigenvalue weighted by molar-refractivity contribution is 7.89. The van der Waals surface area contributed by atoms with Gasteiger partial charge in [-0.15, -0.1) is 11.3 Å². The van der Waals surface area contributed by atoms with Crippen LogP contribution < -0.4 is 4.90 Å². The first-order valence-electron chi connectivity index (χ1n) is 9.37. The Balaban J connectivity index is 1.91. The maximum Gasteiger partial charge on any atom is 0.268 e. The van der Waals surface area contributed by atoms with Crippen molar-refractivity contribution in [1.82, 2.24) is 4.31 Å². The van der Waals surface area contributed by atoms with E-state index >= 15 is 0 Å². The van der Waals surface area contributed by atoms with E-state index in [-0.39, 0.29) is 5.91 Å². The number of amides is 1. The molecule has 0 fully saturated rings. The first-order chi connectivity index (χ1) is 12.8. The van der Waals surface area contributed by atoms with Gasteiger partial charge < -0.3 is 4.90 Å². The molecular formula is C20H26N2O3S2. The van der Waals surface area contributed by atoms with Gasteiger partial charge >= 0.3 is 0 Å². The van der Waals surface area contributed by atoms with E-state index in [2.05, 4.69) is 6.92 Å². The summed E-state index contributed by atoms with van der Waals surface area (Å²) in [5.41, 5.74) is 2.90. The molecule has 3 rings (SSSR count). The summed E-state index contributed by atoms with van der Waals surface area (Å²) in [5.74, 6) is 0.000833. The van der Waals surface area contributed by atoms with Crippen LogP contribution in [0.3, 0.4) is 0 Å². The van der Waals surface area contributed by atoms with Gasteiger partial charge in [0.05, 0.1) is 9.77 Å². The zero-order valence-electron chi connectivity index (χ0n) is 16.3. The number of anilines is 1. The Labute approximate surface area is 165 Å². The maximum atomic E-state index is 13.0. The topological polar surface area (TPSA) is 57.7 Å². The average Bonchev–Trinajstić information content (AvgIpc) is 3.24. The zero-order valence-corrected chi connectivity index (χ0v) is 17.9. The number of fused-ring (bicyclic) bond motifs is 1. The molecule has 0 N–H and O–H groups in total. The van der Waals surface area contributed by atoms with E-state index in [1.54, 1.807) is 34.4 Å². The van der Waals surface area contributed by atoms with Crippen LogP contribution in [0.5, 0.6) is 0 Å². The van der Waals surface area contributed by atoms with Crippen LogP contribution >= 0.6 is 11.3 Å². The van der Waals surface area contributed by atoms with Crippen molar-refractivity contribution in [3.05, 3.63) is 45.1 Å². The molecule has 0 aliphatic carbocycles. The summed E-state index contributed by atoms with van der Waals surface area (Å²) in [5, 5.41) is 0. The number of aryl methyl sites for hydroxylation is 2. The minimum absolute atomic E-state index is 0.000833. The molecular weight excluding hydrogens is 380 g/mol. The molecule has 1 aliphatic rings. The van der Waals surface area contributed by atoms with Gasteiger partial charge in [-0.1, -0.05) is 20.8 Å². The van der Waals surface area contributed by atoms with E-state index in [0.717, 1.165) is 28.1 Å². The van der Waals surface area contributed by atoms with Crippen LogP contribution in [0.15, 0.2) is 29.2 Å². The fourth-order valence-electron chi connectivity index (χ4n) is 3.57. The van der Waals surface area contributed by atoms with Crippen LogP contribution in [-0.2, 0) is 22.9 Å². The van der Waals surface area contributed by atoms with Crippen molar-refractivity contribution in [3.63, 3.8) is 0 Å². The minimum atomic E-state index is -3.49. The third-order valence-corrected chi connectivity index (χ3v) is 8.50. The lowest BCUT2D eigenvalue weighted by Gasteiger charge is -2.20. The van der Waals surface area contributed by atoms with E-state index in [0.29, 0.717) is 31.0 Å². The molecule has 2 heterocycles. The van der Waals surface area contributed by atoms with Crippen molar-refractivity contribution in [2.75, 3.05) is 24.5 Å². The molecule has 146 valence electrons. The normalized spacial score (nSPS) is 14.0. The monoisotopic (exact) mass is 406 g/mol. The second kappa shape index (κ2) is 7.73. The predicted octanol–water partition coefficient (Wildman–Crippen LogP) is 3.85. The van der Waals surface area contributed by atoms with Crippen LogP contribution in [0.25, 0.3) is 0 Å². The highest BCUT2D eigenvalue weighted by atomic mass is 32.2. The molecule has 1 aliphatic heterocycles. The molecule has 0 unspecified atom stereocenters. The Kier molecular flexibility index (Phi) is 5.74. The van der Waals surface area contributed by atoms with E-state index in [4.69, 9.17) is 0 Å². The summed E-state index contributed by atoms with van der Waals surface area (Å²) >= 11 is 1.55. The lowest BCUT2D eigenvalue weighted by Crippen LogP contribution is -2.30. The summed E-state index contributed by atoms with van der Waals surface area (Å²) in [4.78, 5) is 17.0. The number of hydrogen-bond donors (Lipinski definition) is 0. The summed E-state index contributed by atoms with van der Waals surface area (Å²) in [6, 6.07) is 7.09. The van der Waals surface area contributed by atoms with Crippen LogP contribution in [0.1, 0.15) is 46.4 Å². The summed E-state index contributed by atoms with van der Waals surface area (Å²) < 4.78 is 27.0. The van der Waals surface area contributed by atoms with Gasteiger partial charge in [-0.3, -0.25) is 4.79 Å². The number of benzene rings is 1. The minimum Gasteiger partial charge on any atom is -0.307 e. The average molecular weight is 407 g/mol. The van der Waals surface area contributed by atoms with Crippen LogP contribution in [0.4, 0.5) is 5.69 Å². The van der Waals surface area contributed by atoms with E-state index in [1.165, 1.54) is 9.18 Å². The van der Waals surface area contributed by atoms with Crippen LogP contribution in [0, 0.1) is 6.92 Å². The first-order valence-corrected chi connectivity index (χ1v) is 11.6. The van der Waals surface area contributed by atoms with Crippen LogP contribution in [0.2, 0.25) is 0 Å². The number of rotatable bonds is 6. The molecule has 0 atom stereocenters. The van der Waals surface area contributed by atoms with Crippen molar-refractivity contribution in [2.24, 2.45) is 0 Å². The molecule has 0 saturated heterocycles. The van der Waals surface area contributed by atoms with E-state index in [9.17, 15) is 13.2 Å². The molecule has 0 radical (unpaired) electrons. The Morgan fingerprint density at radius 2 is 1.89 bits per heavy atom. The standard InChI is InChI=1S/C20H26N2O3S2/c1-5-18-14(4)12-19(26-18)20(23)22-11-10-15-13-16(8-9-17(15)22)27(24,25)21(6-2)7-3/h8-9,12-13H,5-7,10-11H2,1-4H3. The molecule has 0 spiro atoms. The van der Waals surface area contributed by atoms with Gasteiger partial charge in [-0.2, -0.15) is 4.31 Å². The fraction of sp³-hybridized carbons (Fsp3) is 0.450. The Bertz CT molecular complexity index is 960. The Hall–Kier alpha value is -1.70. The molecule has 27 heavy (non-hydrogen) atoms. The number of carbonyl (C=O) groups excluding carboxylic acids is 1. The molecule has 1 amide bonds. The van der Waals surface area contributed by atoms with Crippen molar-refractivity contribution in [2.45, 2.75) is 45.4 Å². The van der Waals surface area contributed by atoms with Gasteiger partial charge in [0.1, 0.15) is 0 Å². The molecule has 7 heteroatoms. The molecule has 1 aromatic carbocycles. The highest BCUT2D eigenvalue weighted by Crippen LogP contribution is 2.33. The first kappa shape index (κ1) is 20.0. The molecule has 5 nitrogen and oxygen atoms in total. The number of hydrogen-bond acceptors (Lipinski definition) is 4. The largest absolute Gasteiger partial charge is 0.307 e. The number of thiophene rings is 1. The van der Waals surface area contributed by atoms with Crippen molar-refractivity contribution >= 4 is 33.0 Å². The fourth-order valence-corrected chi connectivity index (χ4v) is 6.14. The Morgan fingerprint density at radius 3 is 2.48 bits per heavy atom. The Morgan fingerprint density at radius 1 is 1.19 bits per heavy atom. The van der Waals surface area contributed by atoms with Crippen molar-refractivity contribution < 1.29 is 13.2 Å². The third kappa shape index (κ3) is 3.56. The third-order valence-electron chi connectivity index (χ3n) is 5.09. The molecule has 2 aromatic rings. The second-order valence-corrected chi connectivity index (χ2v) is 9.73. The predicted molar refractivity (Wildman–Crippen MR) is 110 cm³/mol. The van der Waals surface area contributed by atoms with Crippen molar-refractivity contribution in [3.8, 4) is 0 Å². The van der Waals surface area contributed by atoms with Gasteiger partial charge in [0, 0.05) is 30.2 Å². The van der Waals surface area contributed by atoms with Gasteiger partial charge in [-0.25, -0.2) is 8.42 Å². The summed E-state index contributed by atoms with van der Waals surface area (Å²) in [6.45, 7) is 9.27. The number of carbonyl (C=O) groups is 1. The lowest BCUT2D eigenvalue weighted by atomic mass is 10.2. The molecule has 0 bridgehead atoms. The van der Waals surface area contributed by atoms with E-state index in [1.807, 2.05) is 26.8 Å². The zero-order chi connectivity index (χ0) is 19.8. The quantitative estimate of drug-likeness (QED) is 0.732. The lowest BCUT2D eigenvalue weighted by molar-refractivity contribution is 0.0993. The van der Waals surface area contributed by atoms with Gasteiger partial charge in [0.2, 0.25) is 10.0 Å². The van der Waals surface area contributed by atoms with E-state index < -0.39 is 10.0 Å². The van der Waals surface area contributed by atoms with Crippen LogP contribution in [-0.4, -0.2) is 38.3 Å². The molecule has 0 saturated carbocycles. The molecule has 1 aromatic heterocycles. The van der Waals surface area contributed by atoms with Gasteiger partial charge in [0.25, 0.3) is 5.91 Å². The smallest absolute Gasteiger partial charge is 0.268 e. The van der Waals surface area contributed by atoms with Crippen molar-refractivity contribution in [1.29, 1.82) is 0 Å². The SMILES string of the molecule is CCc1sc(C(=O)N2CCc3cc(S(=O)(=O)N(CC)CC)ccc32)cc1C. The highest BCUT2D eigenvalue weighted by Gasteiger charge is 2.29. The maximum absolute atomic E-state index is 13.0. The summed E-state index contributed by atoms with van der Waals surface area (Å²) in [7, 11) is -3.49. The number of sulfonamides is 1. The van der Waals surface area contributed by atoms with Gasteiger partial charge in [0.15, 0.2) is 0 Å². The summed E-state index contributed by atoms with van der Waals surface area (Å²) in [6.07, 6.45) is 1.60. The van der Waals surface area contributed by atoms with Gasteiger partial charge in [-0.05, 0) is 55.2 Å².